The predicted octanol–water partition coefficient (Wildman–Crippen LogP) is 5.20. The van der Waals surface area contributed by atoms with E-state index in [1.54, 1.807) is 45.3 Å². The molecule has 1 atom stereocenters. The van der Waals surface area contributed by atoms with Gasteiger partial charge in [-0.3, -0.25) is 14.3 Å². The number of allylic oxidation sites excluding steroid dienone is 2. The highest BCUT2D eigenvalue weighted by Crippen LogP contribution is 2.30. The van der Waals surface area contributed by atoms with Crippen LogP contribution in [0.5, 0.6) is 5.75 Å². The summed E-state index contributed by atoms with van der Waals surface area (Å²) in [5.74, 6) is -1.34. The Labute approximate surface area is 224 Å². The van der Waals surface area contributed by atoms with Crippen LogP contribution < -0.4 is 15.6 Å². The maximum absolute atomic E-state index is 13.9. The van der Waals surface area contributed by atoms with Crippen LogP contribution in [0.2, 0.25) is 5.02 Å². The summed E-state index contributed by atoms with van der Waals surface area (Å²) in [5, 5.41) is 13.3. The minimum atomic E-state index is -1.22. The fourth-order valence-corrected chi connectivity index (χ4v) is 3.86. The van der Waals surface area contributed by atoms with E-state index >= 15 is 0 Å². The summed E-state index contributed by atoms with van der Waals surface area (Å²) >= 11 is 6.35. The topological polar surface area (TPSA) is 102 Å². The fourth-order valence-electron chi connectivity index (χ4n) is 3.67. The molecule has 1 aliphatic rings. The van der Waals surface area contributed by atoms with Crippen LogP contribution in [0.4, 0.5) is 8.78 Å². The maximum Gasteiger partial charge on any atom is 0.277 e. The van der Waals surface area contributed by atoms with E-state index in [0.717, 1.165) is 11.8 Å². The van der Waals surface area contributed by atoms with Gasteiger partial charge in [-0.25, -0.2) is 18.7 Å². The largest absolute Gasteiger partial charge is 0.485 e. The number of hydrogen-bond donors (Lipinski definition) is 2. The van der Waals surface area contributed by atoms with E-state index in [1.165, 1.54) is 4.57 Å². The van der Waals surface area contributed by atoms with E-state index in [9.17, 15) is 18.7 Å². The Bertz CT molecular complexity index is 1450. The first kappa shape index (κ1) is 28.9. The molecular formula is C27H30ClF2N5O3. The van der Waals surface area contributed by atoms with E-state index in [-0.39, 0.29) is 28.9 Å². The molecule has 202 valence electrons. The third kappa shape index (κ3) is 6.25. The van der Waals surface area contributed by atoms with Gasteiger partial charge >= 0.3 is 0 Å². The minimum absolute atomic E-state index is 0.0549. The van der Waals surface area contributed by atoms with Gasteiger partial charge in [0.15, 0.2) is 11.6 Å². The van der Waals surface area contributed by atoms with E-state index in [2.05, 4.69) is 20.3 Å². The quantitative estimate of drug-likeness (QED) is 0.439. The zero-order chi connectivity index (χ0) is 28.2. The first-order chi connectivity index (χ1) is 18.0. The van der Waals surface area contributed by atoms with Crippen molar-refractivity contribution in [2.75, 3.05) is 0 Å². The second-order valence-corrected chi connectivity index (χ2v) is 9.24. The average Bonchev–Trinajstić information content (AvgIpc) is 2.88. The van der Waals surface area contributed by atoms with Crippen LogP contribution in [-0.2, 0) is 12.2 Å². The molecule has 3 aromatic heterocycles. The Hall–Kier alpha value is -3.63. The number of aryl methyl sites for hydroxylation is 1. The summed E-state index contributed by atoms with van der Waals surface area (Å²) in [6, 6.07) is 3.58. The van der Waals surface area contributed by atoms with Crippen molar-refractivity contribution in [2.45, 2.75) is 59.8 Å². The Morgan fingerprint density at radius 3 is 2.58 bits per heavy atom. The average molecular weight is 546 g/mol. The van der Waals surface area contributed by atoms with Crippen molar-refractivity contribution in [1.82, 2.24) is 24.8 Å². The van der Waals surface area contributed by atoms with Gasteiger partial charge in [-0.2, -0.15) is 0 Å². The lowest BCUT2D eigenvalue weighted by atomic mass is 10.0. The number of aromatic nitrogens is 4. The molecule has 0 saturated carbocycles. The van der Waals surface area contributed by atoms with Crippen LogP contribution in [0, 0.1) is 18.6 Å². The van der Waals surface area contributed by atoms with Crippen LogP contribution in [0.15, 0.2) is 53.2 Å². The molecule has 0 spiro atoms. The van der Waals surface area contributed by atoms with Crippen molar-refractivity contribution in [3.63, 3.8) is 0 Å². The molecule has 0 radical (unpaired) electrons. The molecule has 8 nitrogen and oxygen atoms in total. The predicted molar refractivity (Wildman–Crippen MR) is 141 cm³/mol. The molecular weight excluding hydrogens is 516 g/mol. The summed E-state index contributed by atoms with van der Waals surface area (Å²) in [7, 11) is 0. The molecule has 38 heavy (non-hydrogen) atoms. The lowest BCUT2D eigenvalue weighted by Gasteiger charge is -2.25. The lowest BCUT2D eigenvalue weighted by Crippen LogP contribution is -2.28. The van der Waals surface area contributed by atoms with E-state index in [0.29, 0.717) is 23.2 Å². The van der Waals surface area contributed by atoms with Crippen LogP contribution in [-0.4, -0.2) is 24.6 Å². The van der Waals surface area contributed by atoms with Crippen molar-refractivity contribution in [3.8, 4) is 5.75 Å². The third-order valence-electron chi connectivity index (χ3n) is 5.54. The van der Waals surface area contributed by atoms with Crippen molar-refractivity contribution >= 4 is 17.3 Å². The van der Waals surface area contributed by atoms with Crippen molar-refractivity contribution in [3.05, 3.63) is 98.4 Å². The highest BCUT2D eigenvalue weighted by molar-refractivity contribution is 6.31. The fraction of sp³-hybridized carbons (Fsp3) is 0.333. The maximum atomic E-state index is 13.9. The molecule has 11 heteroatoms. The smallest absolute Gasteiger partial charge is 0.277 e. The van der Waals surface area contributed by atoms with E-state index in [4.69, 9.17) is 16.3 Å². The Morgan fingerprint density at radius 1 is 1.21 bits per heavy atom. The van der Waals surface area contributed by atoms with Crippen molar-refractivity contribution < 1.29 is 18.6 Å². The number of aliphatic hydroxyl groups is 1. The lowest BCUT2D eigenvalue weighted by molar-refractivity contribution is 0.0683. The summed E-state index contributed by atoms with van der Waals surface area (Å²) in [4.78, 5) is 25.6. The zero-order valence-electron chi connectivity index (χ0n) is 22.0. The second-order valence-electron chi connectivity index (χ2n) is 8.86. The molecule has 0 saturated heterocycles. The molecule has 0 aliphatic carbocycles. The van der Waals surface area contributed by atoms with Gasteiger partial charge in [0, 0.05) is 30.2 Å². The van der Waals surface area contributed by atoms with E-state index in [1.807, 2.05) is 26.8 Å². The van der Waals surface area contributed by atoms with Gasteiger partial charge < -0.3 is 15.2 Å². The number of nitrogens with zero attached hydrogens (tertiary/aromatic N) is 4. The van der Waals surface area contributed by atoms with Crippen LogP contribution in [0.1, 0.15) is 63.6 Å². The van der Waals surface area contributed by atoms with E-state index < -0.39 is 28.8 Å². The zero-order valence-corrected chi connectivity index (χ0v) is 22.8. The second kappa shape index (κ2) is 11.8. The normalized spacial score (nSPS) is 15.1. The first-order valence-corrected chi connectivity index (χ1v) is 12.4. The molecule has 0 unspecified atom stereocenters. The molecule has 2 N–H and O–H groups in total. The third-order valence-corrected chi connectivity index (χ3v) is 5.89. The highest BCUT2D eigenvalue weighted by atomic mass is 35.5. The van der Waals surface area contributed by atoms with Gasteiger partial charge in [-0.15, -0.1) is 0 Å². The molecule has 3 aromatic rings. The summed E-state index contributed by atoms with van der Waals surface area (Å²) in [5.41, 5.74) is 0.623. The van der Waals surface area contributed by atoms with Crippen LogP contribution in [0.3, 0.4) is 0 Å². The van der Waals surface area contributed by atoms with Gasteiger partial charge in [0.1, 0.15) is 34.5 Å². The van der Waals surface area contributed by atoms with Crippen LogP contribution in [0.25, 0.3) is 5.70 Å². The number of ether oxygens (including phenoxy) is 1. The van der Waals surface area contributed by atoms with Crippen molar-refractivity contribution in [1.29, 1.82) is 0 Å². The first-order valence-electron chi connectivity index (χ1n) is 12.0. The number of dihydropyridines is 1. The number of halogens is 3. The SMILES string of the molecule is CC.CC1=CN[C@@H](c2ccnc(C(C)(C)O)n2)C=C1n1c(C)cc(OCc2ncc(F)cc2F)c(Cl)c1=O. The van der Waals surface area contributed by atoms with Crippen molar-refractivity contribution in [2.24, 2.45) is 0 Å². The minimum Gasteiger partial charge on any atom is -0.485 e. The number of hydrogen-bond acceptors (Lipinski definition) is 7. The standard InChI is InChI=1S/C25H24ClF2N5O3.C2H6/c1-13-10-30-18(17-5-6-29-24(32-17)25(3,4)35)9-20(13)33-14(2)7-21(22(26)23(33)34)36-12-19-16(28)8-15(27)11-31-19;1-2/h5-11,18,30,35H,12H2,1-4H3;1-2H3/t18-;/m1./s1. The van der Waals surface area contributed by atoms with Gasteiger partial charge in [-0.1, -0.05) is 25.4 Å². The monoisotopic (exact) mass is 545 g/mol. The van der Waals surface area contributed by atoms with Crippen LogP contribution >= 0.6 is 11.6 Å². The Morgan fingerprint density at radius 2 is 1.92 bits per heavy atom. The molecule has 4 heterocycles. The number of nitrogens with one attached hydrogen (secondary N) is 1. The summed E-state index contributed by atoms with van der Waals surface area (Å²) in [6.07, 6.45) is 6.03. The molecule has 0 bridgehead atoms. The molecule has 4 rings (SSSR count). The van der Waals surface area contributed by atoms with Gasteiger partial charge in [0.25, 0.3) is 5.56 Å². The van der Waals surface area contributed by atoms with Gasteiger partial charge in [-0.05, 0) is 45.4 Å². The Kier molecular flexibility index (Phi) is 9.01. The summed E-state index contributed by atoms with van der Waals surface area (Å²) < 4.78 is 34.0. The molecule has 0 fully saturated rings. The highest BCUT2D eigenvalue weighted by Gasteiger charge is 2.24. The molecule has 1 aliphatic heterocycles. The molecule has 0 amide bonds. The summed E-state index contributed by atoms with van der Waals surface area (Å²) in [6.45, 7) is 10.4. The number of pyridine rings is 2. The molecule has 0 aromatic carbocycles. The van der Waals surface area contributed by atoms with Gasteiger partial charge in [0.05, 0.1) is 23.6 Å². The number of rotatable bonds is 6. The Balaban J connectivity index is 0.00000195. The van der Waals surface area contributed by atoms with Gasteiger partial charge in [0.2, 0.25) is 0 Å².